The minimum Gasteiger partial charge on any atom is -0.478 e. The normalized spacial score (nSPS) is 12.1. The van der Waals surface area contributed by atoms with E-state index in [4.69, 9.17) is 5.11 Å². The van der Waals surface area contributed by atoms with Crippen molar-refractivity contribution in [2.24, 2.45) is 0 Å². The number of nitrogens with one attached hydrogen (secondary N) is 1. The lowest BCUT2D eigenvalue weighted by atomic mass is 10.3. The number of aromatic carboxylic acids is 1. The van der Waals surface area contributed by atoms with Crippen LogP contribution < -0.4 is 5.32 Å². The molecule has 1 aliphatic rings. The van der Waals surface area contributed by atoms with Gasteiger partial charge in [-0.05, 0) is 24.3 Å². The van der Waals surface area contributed by atoms with Crippen LogP contribution in [0.15, 0.2) is 55.0 Å². The molecule has 88 valence electrons. The Hall–Kier alpha value is -2.43. The molecule has 5 heteroatoms. The summed E-state index contributed by atoms with van der Waals surface area (Å²) in [5.41, 5.74) is -0.400. The summed E-state index contributed by atoms with van der Waals surface area (Å²) >= 11 is 0. The van der Waals surface area contributed by atoms with Crippen molar-refractivity contribution in [2.75, 3.05) is 0 Å². The van der Waals surface area contributed by atoms with Gasteiger partial charge >= 0.3 is 5.97 Å². The molecule has 0 spiro atoms. The molecule has 17 heavy (non-hydrogen) atoms. The standard InChI is InChI=1S/C6H4FNO2.C6H7N/c7-5-4(6(9)10)2-1-3-8-5;1-2-4-6-7-5-3-1/h1-3H,(H,9,10);1-7H. The largest absolute Gasteiger partial charge is 0.478 e. The molecular formula is C12H11FN2O2. The van der Waals surface area contributed by atoms with E-state index in [1.807, 2.05) is 36.7 Å². The number of nitrogens with zero attached hydrogens (tertiary/aromatic N) is 1. The molecule has 0 saturated heterocycles. The van der Waals surface area contributed by atoms with Gasteiger partial charge in [-0.25, -0.2) is 9.78 Å². The van der Waals surface area contributed by atoms with Crippen LogP contribution in [0, 0.1) is 5.95 Å². The highest BCUT2D eigenvalue weighted by molar-refractivity contribution is 5.87. The second kappa shape index (κ2) is 6.95. The lowest BCUT2D eigenvalue weighted by Crippen LogP contribution is -2.01. The topological polar surface area (TPSA) is 62.2 Å². The molecule has 1 aromatic heterocycles. The van der Waals surface area contributed by atoms with Crippen molar-refractivity contribution < 1.29 is 14.3 Å². The Morgan fingerprint density at radius 2 is 1.88 bits per heavy atom. The molecule has 0 amide bonds. The Labute approximate surface area is 97.8 Å². The minimum atomic E-state index is -1.30. The summed E-state index contributed by atoms with van der Waals surface area (Å²) in [6, 6.07) is 2.52. The van der Waals surface area contributed by atoms with Gasteiger partial charge in [0, 0.05) is 18.6 Å². The Bertz CT molecular complexity index is 453. The maximum Gasteiger partial charge on any atom is 0.340 e. The van der Waals surface area contributed by atoms with Crippen molar-refractivity contribution >= 4 is 5.97 Å². The summed E-state index contributed by atoms with van der Waals surface area (Å²) in [7, 11) is 0. The predicted molar refractivity (Wildman–Crippen MR) is 61.7 cm³/mol. The Kier molecular flexibility index (Phi) is 5.16. The molecule has 2 N–H and O–H groups in total. The van der Waals surface area contributed by atoms with E-state index in [9.17, 15) is 9.18 Å². The number of hydrogen-bond acceptors (Lipinski definition) is 3. The van der Waals surface area contributed by atoms with Crippen LogP contribution in [-0.2, 0) is 0 Å². The van der Waals surface area contributed by atoms with Crippen LogP contribution in [0.25, 0.3) is 0 Å². The highest BCUT2D eigenvalue weighted by Crippen LogP contribution is 2.01. The van der Waals surface area contributed by atoms with Crippen molar-refractivity contribution in [2.45, 2.75) is 0 Å². The van der Waals surface area contributed by atoms with Crippen molar-refractivity contribution in [3.63, 3.8) is 0 Å². The average molecular weight is 234 g/mol. The molecule has 0 radical (unpaired) electrons. The van der Waals surface area contributed by atoms with Gasteiger partial charge in [-0.15, -0.1) is 0 Å². The third-order valence-corrected chi connectivity index (χ3v) is 1.71. The first-order valence-electron chi connectivity index (χ1n) is 4.80. The monoisotopic (exact) mass is 234 g/mol. The molecule has 0 fully saturated rings. The summed E-state index contributed by atoms with van der Waals surface area (Å²) < 4.78 is 12.3. The van der Waals surface area contributed by atoms with Gasteiger partial charge in [0.1, 0.15) is 5.56 Å². The van der Waals surface area contributed by atoms with E-state index in [0.717, 1.165) is 6.07 Å². The lowest BCUT2D eigenvalue weighted by molar-refractivity contribution is 0.0691. The van der Waals surface area contributed by atoms with Crippen molar-refractivity contribution in [3.8, 4) is 0 Å². The number of rotatable bonds is 1. The third kappa shape index (κ3) is 4.74. The van der Waals surface area contributed by atoms with Crippen molar-refractivity contribution in [1.82, 2.24) is 10.3 Å². The third-order valence-electron chi connectivity index (χ3n) is 1.71. The summed E-state index contributed by atoms with van der Waals surface area (Å²) in [6.07, 6.45) is 12.8. The first kappa shape index (κ1) is 12.6. The lowest BCUT2D eigenvalue weighted by Gasteiger charge is -1.91. The number of allylic oxidation sites excluding steroid dienone is 4. The van der Waals surface area contributed by atoms with E-state index in [2.05, 4.69) is 10.3 Å². The number of carboxylic acids is 1. The van der Waals surface area contributed by atoms with Gasteiger partial charge in [0.05, 0.1) is 0 Å². The first-order valence-corrected chi connectivity index (χ1v) is 4.80. The maximum absolute atomic E-state index is 12.3. The van der Waals surface area contributed by atoms with Crippen molar-refractivity contribution in [1.29, 1.82) is 0 Å². The SMILES string of the molecule is C1=CC=CNC=C1.O=C(O)c1cccnc1F. The van der Waals surface area contributed by atoms with Crippen molar-refractivity contribution in [3.05, 3.63) is 66.5 Å². The van der Waals surface area contributed by atoms with Crippen LogP contribution in [0.1, 0.15) is 10.4 Å². The second-order valence-electron chi connectivity index (χ2n) is 2.92. The summed E-state index contributed by atoms with van der Waals surface area (Å²) in [5, 5.41) is 11.2. The zero-order valence-corrected chi connectivity index (χ0v) is 8.88. The summed E-state index contributed by atoms with van der Waals surface area (Å²) in [4.78, 5) is 13.3. The molecule has 0 aromatic carbocycles. The number of pyridine rings is 1. The summed E-state index contributed by atoms with van der Waals surface area (Å²) in [5.74, 6) is -2.25. The molecular weight excluding hydrogens is 223 g/mol. The molecule has 0 saturated carbocycles. The Morgan fingerprint density at radius 1 is 1.24 bits per heavy atom. The fraction of sp³-hybridized carbons (Fsp3) is 0. The molecule has 1 aliphatic heterocycles. The summed E-state index contributed by atoms with van der Waals surface area (Å²) in [6.45, 7) is 0. The maximum atomic E-state index is 12.3. The van der Waals surface area contributed by atoms with Gasteiger partial charge in [0.25, 0.3) is 0 Å². The zero-order chi connectivity index (χ0) is 12.5. The molecule has 0 unspecified atom stereocenters. The molecule has 0 bridgehead atoms. The van der Waals surface area contributed by atoms with Crippen LogP contribution >= 0.6 is 0 Å². The Balaban J connectivity index is 0.000000181. The highest BCUT2D eigenvalue weighted by Gasteiger charge is 2.08. The fourth-order valence-electron chi connectivity index (χ4n) is 0.952. The van der Waals surface area contributed by atoms with E-state index in [-0.39, 0.29) is 0 Å². The van der Waals surface area contributed by atoms with E-state index >= 15 is 0 Å². The molecule has 0 atom stereocenters. The molecule has 0 aliphatic carbocycles. The molecule has 2 heterocycles. The first-order chi connectivity index (χ1) is 8.22. The van der Waals surface area contributed by atoms with Gasteiger partial charge in [-0.2, -0.15) is 4.39 Å². The van der Waals surface area contributed by atoms with Crippen LogP contribution in [0.2, 0.25) is 0 Å². The van der Waals surface area contributed by atoms with E-state index < -0.39 is 17.5 Å². The minimum absolute atomic E-state index is 0.400. The van der Waals surface area contributed by atoms with Gasteiger partial charge in [-0.3, -0.25) is 0 Å². The second-order valence-corrected chi connectivity index (χ2v) is 2.92. The number of aromatic nitrogens is 1. The van der Waals surface area contributed by atoms with Crippen LogP contribution in [0.4, 0.5) is 4.39 Å². The number of carbonyl (C=O) groups is 1. The smallest absolute Gasteiger partial charge is 0.340 e. The van der Waals surface area contributed by atoms with E-state index in [1.54, 1.807) is 0 Å². The number of hydrogen-bond donors (Lipinski definition) is 2. The Morgan fingerprint density at radius 3 is 2.35 bits per heavy atom. The molecule has 1 aromatic rings. The predicted octanol–water partition coefficient (Wildman–Crippen LogP) is 2.09. The van der Waals surface area contributed by atoms with Crippen LogP contribution in [0.5, 0.6) is 0 Å². The van der Waals surface area contributed by atoms with Gasteiger partial charge in [0.2, 0.25) is 5.95 Å². The molecule has 4 nitrogen and oxygen atoms in total. The highest BCUT2D eigenvalue weighted by atomic mass is 19.1. The zero-order valence-electron chi connectivity index (χ0n) is 8.88. The molecule has 2 rings (SSSR count). The van der Waals surface area contributed by atoms with Gasteiger partial charge in [-0.1, -0.05) is 12.2 Å². The fourth-order valence-corrected chi connectivity index (χ4v) is 0.952. The average Bonchev–Trinajstić information content (AvgIpc) is 2.62. The van der Waals surface area contributed by atoms with E-state index in [0.29, 0.717) is 0 Å². The quantitative estimate of drug-likeness (QED) is 0.730. The van der Waals surface area contributed by atoms with E-state index in [1.165, 1.54) is 12.3 Å². The number of carboxylic acid groups (broad SMARTS) is 1. The van der Waals surface area contributed by atoms with Gasteiger partial charge in [0.15, 0.2) is 0 Å². The van der Waals surface area contributed by atoms with Gasteiger partial charge < -0.3 is 10.4 Å². The number of halogens is 1. The van der Waals surface area contributed by atoms with Crippen LogP contribution in [-0.4, -0.2) is 16.1 Å². The van der Waals surface area contributed by atoms with Crippen LogP contribution in [0.3, 0.4) is 0 Å².